The average Bonchev–Trinajstić information content (AvgIpc) is 2.60. The largest absolute Gasteiger partial charge is 0.480 e. The molecule has 1 saturated heterocycles. The van der Waals surface area contributed by atoms with Crippen molar-refractivity contribution in [2.75, 3.05) is 6.54 Å². The second-order valence-corrected chi connectivity index (χ2v) is 3.38. The molecule has 2 rings (SSSR count). The molecule has 0 aromatic rings. The molecule has 2 unspecified atom stereocenters. The third-order valence-electron chi connectivity index (χ3n) is 2.65. The van der Waals surface area contributed by atoms with Gasteiger partial charge in [-0.2, -0.15) is 0 Å². The van der Waals surface area contributed by atoms with Gasteiger partial charge in [-0.1, -0.05) is 0 Å². The van der Waals surface area contributed by atoms with Gasteiger partial charge in [0.2, 0.25) is 0 Å². The molecule has 0 radical (unpaired) electrons. The Hall–Kier alpha value is -1.26. The molecule has 0 spiro atoms. The second-order valence-electron chi connectivity index (χ2n) is 3.38. The van der Waals surface area contributed by atoms with Crippen LogP contribution in [0.5, 0.6) is 0 Å². The third-order valence-corrected chi connectivity index (χ3v) is 2.65. The van der Waals surface area contributed by atoms with E-state index in [0.717, 1.165) is 11.3 Å². The molecule has 0 aromatic carbocycles. The number of likely N-dealkylation sites (tertiary alicyclic amines) is 1. The van der Waals surface area contributed by atoms with Crippen LogP contribution in [0.4, 0.5) is 4.79 Å². The molecule has 5 heteroatoms. The predicted molar refractivity (Wildman–Crippen MR) is 37.8 cm³/mol. The zero-order chi connectivity index (χ0) is 8.88. The third kappa shape index (κ3) is 0.855. The molecule has 2 fully saturated rings. The van der Waals surface area contributed by atoms with E-state index in [-0.39, 0.29) is 5.92 Å². The Morgan fingerprint density at radius 2 is 2.00 bits per heavy atom. The van der Waals surface area contributed by atoms with Crippen LogP contribution in [0.15, 0.2) is 0 Å². The molecular weight excluding hydrogens is 162 g/mol. The van der Waals surface area contributed by atoms with Crippen LogP contribution in [0.3, 0.4) is 0 Å². The van der Waals surface area contributed by atoms with E-state index >= 15 is 0 Å². The molecule has 2 N–H and O–H groups in total. The maximum atomic E-state index is 10.6. The molecule has 1 heterocycles. The van der Waals surface area contributed by atoms with E-state index in [9.17, 15) is 9.59 Å². The summed E-state index contributed by atoms with van der Waals surface area (Å²) >= 11 is 0. The first kappa shape index (κ1) is 7.39. The standard InChI is InChI=1S/C7H9NO4/c9-6(10)5-4-1-3(4)2-8(5)7(11)12/h3-5H,1-2H2,(H,9,10)(H,11,12)/t3?,4?,5-/m0/s1. The van der Waals surface area contributed by atoms with Crippen molar-refractivity contribution in [1.29, 1.82) is 0 Å². The van der Waals surface area contributed by atoms with Crippen LogP contribution in [0.2, 0.25) is 0 Å². The van der Waals surface area contributed by atoms with Gasteiger partial charge in [0.05, 0.1) is 0 Å². The zero-order valence-electron chi connectivity index (χ0n) is 6.30. The van der Waals surface area contributed by atoms with Crippen molar-refractivity contribution >= 4 is 12.1 Å². The van der Waals surface area contributed by atoms with Gasteiger partial charge in [-0.3, -0.25) is 4.90 Å². The summed E-state index contributed by atoms with van der Waals surface area (Å²) in [5.74, 6) is -0.622. The van der Waals surface area contributed by atoms with Crippen LogP contribution in [0.1, 0.15) is 6.42 Å². The Morgan fingerprint density at radius 3 is 2.42 bits per heavy atom. The number of carbonyl (C=O) groups is 2. The van der Waals surface area contributed by atoms with E-state index in [4.69, 9.17) is 10.2 Å². The summed E-state index contributed by atoms with van der Waals surface area (Å²) in [6.45, 7) is 0.400. The van der Waals surface area contributed by atoms with E-state index in [1.54, 1.807) is 0 Å². The first-order valence-electron chi connectivity index (χ1n) is 3.83. The van der Waals surface area contributed by atoms with Gasteiger partial charge in [-0.15, -0.1) is 0 Å². The monoisotopic (exact) mass is 171 g/mol. The summed E-state index contributed by atoms with van der Waals surface area (Å²) in [5.41, 5.74) is 0. The Balaban J connectivity index is 2.16. The summed E-state index contributed by atoms with van der Waals surface area (Å²) < 4.78 is 0. The van der Waals surface area contributed by atoms with Gasteiger partial charge >= 0.3 is 12.1 Å². The topological polar surface area (TPSA) is 77.8 Å². The van der Waals surface area contributed by atoms with Crippen LogP contribution in [0.25, 0.3) is 0 Å². The number of hydrogen-bond acceptors (Lipinski definition) is 2. The number of carboxylic acids is 1. The van der Waals surface area contributed by atoms with Crippen molar-refractivity contribution in [1.82, 2.24) is 4.90 Å². The van der Waals surface area contributed by atoms with E-state index in [1.165, 1.54) is 0 Å². The van der Waals surface area contributed by atoms with Gasteiger partial charge < -0.3 is 10.2 Å². The maximum Gasteiger partial charge on any atom is 0.408 e. The maximum absolute atomic E-state index is 10.6. The molecule has 2 aliphatic rings. The number of piperidine rings is 1. The smallest absolute Gasteiger partial charge is 0.408 e. The van der Waals surface area contributed by atoms with Crippen LogP contribution >= 0.6 is 0 Å². The van der Waals surface area contributed by atoms with Gasteiger partial charge in [0, 0.05) is 6.54 Å². The van der Waals surface area contributed by atoms with E-state index in [0.29, 0.717) is 12.5 Å². The van der Waals surface area contributed by atoms with Crippen molar-refractivity contribution in [3.63, 3.8) is 0 Å². The lowest BCUT2D eigenvalue weighted by Crippen LogP contribution is -2.42. The highest BCUT2D eigenvalue weighted by molar-refractivity contribution is 5.81. The minimum atomic E-state index is -1.12. The number of aliphatic carboxylic acids is 1. The van der Waals surface area contributed by atoms with E-state index in [2.05, 4.69) is 0 Å². The molecule has 1 aliphatic carbocycles. The lowest BCUT2D eigenvalue weighted by atomic mass is 10.2. The van der Waals surface area contributed by atoms with E-state index in [1.807, 2.05) is 0 Å². The van der Waals surface area contributed by atoms with Gasteiger partial charge in [0.25, 0.3) is 0 Å². The number of fused-ring (bicyclic) bond motifs is 1. The molecule has 5 nitrogen and oxygen atoms in total. The average molecular weight is 171 g/mol. The summed E-state index contributed by atoms with van der Waals surface area (Å²) in [7, 11) is 0. The highest BCUT2D eigenvalue weighted by Gasteiger charge is 2.57. The van der Waals surface area contributed by atoms with Crippen LogP contribution < -0.4 is 0 Å². The SMILES string of the molecule is O=C(O)[C@@H]1C2CC2CN1C(=O)O. The molecular formula is C7H9NO4. The van der Waals surface area contributed by atoms with Crippen molar-refractivity contribution in [3.8, 4) is 0 Å². The Bertz CT molecular complexity index is 252. The van der Waals surface area contributed by atoms with Gasteiger partial charge in [0.15, 0.2) is 0 Å². The molecule has 3 atom stereocenters. The van der Waals surface area contributed by atoms with Gasteiger partial charge in [-0.25, -0.2) is 9.59 Å². The summed E-state index contributed by atoms with van der Waals surface area (Å²) in [6, 6.07) is -0.785. The second kappa shape index (κ2) is 2.12. The molecule has 66 valence electrons. The van der Waals surface area contributed by atoms with Crippen molar-refractivity contribution in [3.05, 3.63) is 0 Å². The first-order chi connectivity index (χ1) is 5.61. The van der Waals surface area contributed by atoms with E-state index < -0.39 is 18.1 Å². The lowest BCUT2D eigenvalue weighted by molar-refractivity contribution is -0.142. The predicted octanol–water partition coefficient (Wildman–Crippen LogP) is 0.0693. The number of rotatable bonds is 1. The highest BCUT2D eigenvalue weighted by Crippen LogP contribution is 2.49. The normalized spacial score (nSPS) is 37.7. The quantitative estimate of drug-likeness (QED) is 0.585. The van der Waals surface area contributed by atoms with Gasteiger partial charge in [0.1, 0.15) is 6.04 Å². The van der Waals surface area contributed by atoms with Crippen molar-refractivity contribution in [2.24, 2.45) is 11.8 Å². The molecule has 1 saturated carbocycles. The fraction of sp³-hybridized carbons (Fsp3) is 0.714. The fourth-order valence-electron chi connectivity index (χ4n) is 1.98. The van der Waals surface area contributed by atoms with Crippen LogP contribution in [0, 0.1) is 11.8 Å². The van der Waals surface area contributed by atoms with Gasteiger partial charge in [-0.05, 0) is 18.3 Å². The summed E-state index contributed by atoms with van der Waals surface area (Å²) in [5, 5.41) is 17.4. The summed E-state index contributed by atoms with van der Waals surface area (Å²) in [4.78, 5) is 22.2. The number of nitrogens with zero attached hydrogens (tertiary/aromatic N) is 1. The minimum Gasteiger partial charge on any atom is -0.480 e. The number of hydrogen-bond donors (Lipinski definition) is 2. The van der Waals surface area contributed by atoms with Crippen molar-refractivity contribution < 1.29 is 19.8 Å². The molecule has 0 aromatic heterocycles. The number of carboxylic acid groups (broad SMARTS) is 2. The molecule has 0 bridgehead atoms. The number of amides is 1. The Morgan fingerprint density at radius 1 is 1.33 bits per heavy atom. The molecule has 12 heavy (non-hydrogen) atoms. The Labute approximate surface area is 68.6 Å². The van der Waals surface area contributed by atoms with Crippen molar-refractivity contribution in [2.45, 2.75) is 12.5 Å². The lowest BCUT2D eigenvalue weighted by Gasteiger charge is -2.20. The highest BCUT2D eigenvalue weighted by atomic mass is 16.4. The molecule has 1 amide bonds. The first-order valence-corrected chi connectivity index (χ1v) is 3.83. The summed E-state index contributed by atoms with van der Waals surface area (Å²) in [6.07, 6.45) is -0.240. The van der Waals surface area contributed by atoms with Crippen LogP contribution in [-0.4, -0.2) is 39.8 Å². The minimum absolute atomic E-state index is 0.0820. The Kier molecular flexibility index (Phi) is 1.31. The van der Waals surface area contributed by atoms with Crippen LogP contribution in [-0.2, 0) is 4.79 Å². The molecule has 1 aliphatic heterocycles. The zero-order valence-corrected chi connectivity index (χ0v) is 6.30. The fourth-order valence-corrected chi connectivity index (χ4v) is 1.98.